The molecule has 1 fully saturated rings. The second kappa shape index (κ2) is 6.88. The van der Waals surface area contributed by atoms with Gasteiger partial charge in [-0.1, -0.05) is 6.42 Å². The molecule has 0 aromatic rings. The van der Waals surface area contributed by atoms with Crippen molar-refractivity contribution in [2.75, 3.05) is 13.1 Å². The Hall–Kier alpha value is -0.900. The van der Waals surface area contributed by atoms with Crippen molar-refractivity contribution in [2.45, 2.75) is 64.5 Å². The molecule has 1 heterocycles. The third-order valence-electron chi connectivity index (χ3n) is 3.06. The molecule has 1 atom stereocenters. The van der Waals surface area contributed by atoms with Crippen molar-refractivity contribution < 1.29 is 14.3 Å². The van der Waals surface area contributed by atoms with Crippen LogP contribution >= 0.6 is 0 Å². The highest BCUT2D eigenvalue weighted by Gasteiger charge is 2.31. The molecule has 4 nitrogen and oxygen atoms in total. The Morgan fingerprint density at radius 3 is 2.72 bits per heavy atom. The van der Waals surface area contributed by atoms with Gasteiger partial charge in [-0.05, 0) is 53.1 Å². The maximum atomic E-state index is 12.1. The number of nitrogens with zero attached hydrogens (tertiary/aromatic N) is 1. The van der Waals surface area contributed by atoms with E-state index in [1.54, 1.807) is 0 Å². The minimum absolute atomic E-state index is 0.117. The highest BCUT2D eigenvalue weighted by atomic mass is 16.6. The Morgan fingerprint density at radius 2 is 2.11 bits per heavy atom. The van der Waals surface area contributed by atoms with Crippen LogP contribution in [0, 0.1) is 0 Å². The number of piperidine rings is 1. The van der Waals surface area contributed by atoms with Gasteiger partial charge in [-0.15, -0.1) is 0 Å². The van der Waals surface area contributed by atoms with Crippen LogP contribution in [0.1, 0.15) is 52.9 Å². The van der Waals surface area contributed by atoms with Crippen molar-refractivity contribution >= 4 is 12.3 Å². The van der Waals surface area contributed by atoms with E-state index in [0.717, 1.165) is 45.1 Å². The molecule has 1 aliphatic heterocycles. The molecule has 0 radical (unpaired) electrons. The van der Waals surface area contributed by atoms with Gasteiger partial charge in [0.05, 0.1) is 0 Å². The van der Waals surface area contributed by atoms with Crippen molar-refractivity contribution in [1.29, 1.82) is 0 Å². The van der Waals surface area contributed by atoms with E-state index >= 15 is 0 Å². The van der Waals surface area contributed by atoms with E-state index in [-0.39, 0.29) is 12.0 Å². The van der Waals surface area contributed by atoms with Gasteiger partial charge in [-0.2, -0.15) is 0 Å². The lowest BCUT2D eigenvalue weighted by atomic mass is 10.0. The maximum absolute atomic E-state index is 12.1. The zero-order chi connectivity index (χ0) is 13.6. The molecule has 104 valence electrons. The van der Waals surface area contributed by atoms with Crippen LogP contribution in [0.15, 0.2) is 0 Å². The van der Waals surface area contributed by atoms with Crippen LogP contribution in [-0.4, -0.2) is 41.9 Å². The van der Waals surface area contributed by atoms with Crippen LogP contribution in [0.3, 0.4) is 0 Å². The fourth-order valence-corrected chi connectivity index (χ4v) is 2.27. The summed E-state index contributed by atoms with van der Waals surface area (Å²) in [6, 6.07) is -0.121. The molecule has 0 aromatic heterocycles. The van der Waals surface area contributed by atoms with Crippen LogP contribution in [0.2, 0.25) is 0 Å². The van der Waals surface area contributed by atoms with Gasteiger partial charge in [-0.3, -0.25) is 9.69 Å². The first-order valence-electron chi connectivity index (χ1n) is 6.84. The maximum Gasteiger partial charge on any atom is 0.323 e. The van der Waals surface area contributed by atoms with E-state index in [0.29, 0.717) is 6.42 Å². The van der Waals surface area contributed by atoms with Crippen molar-refractivity contribution in [2.24, 2.45) is 0 Å². The number of carbonyl (C=O) groups excluding carboxylic acids is 2. The molecule has 0 amide bonds. The number of likely N-dealkylation sites (tertiary alicyclic amines) is 1. The number of ether oxygens (including phenoxy) is 1. The third kappa shape index (κ3) is 5.17. The summed E-state index contributed by atoms with van der Waals surface area (Å²) in [6.07, 6.45) is 5.40. The van der Waals surface area contributed by atoms with Crippen molar-refractivity contribution in [3.8, 4) is 0 Å². The minimum atomic E-state index is -0.428. The molecule has 0 N–H and O–H groups in total. The Morgan fingerprint density at radius 1 is 1.39 bits per heavy atom. The summed E-state index contributed by atoms with van der Waals surface area (Å²) in [5.41, 5.74) is -0.428. The largest absolute Gasteiger partial charge is 0.459 e. The lowest BCUT2D eigenvalue weighted by Gasteiger charge is -2.35. The van der Waals surface area contributed by atoms with Gasteiger partial charge in [0.15, 0.2) is 0 Å². The standard InChI is InChI=1S/C14H25NO3/c1-14(2,3)18-13(17)12-8-4-5-9-15(12)10-6-7-11-16/h11-12H,4-10H2,1-3H3. The first-order valence-corrected chi connectivity index (χ1v) is 6.84. The molecule has 1 rings (SSSR count). The van der Waals surface area contributed by atoms with Crippen molar-refractivity contribution in [1.82, 2.24) is 4.90 Å². The second-order valence-electron chi connectivity index (χ2n) is 5.89. The van der Waals surface area contributed by atoms with Gasteiger partial charge >= 0.3 is 5.97 Å². The van der Waals surface area contributed by atoms with E-state index in [1.165, 1.54) is 0 Å². The second-order valence-corrected chi connectivity index (χ2v) is 5.89. The lowest BCUT2D eigenvalue weighted by molar-refractivity contribution is -0.162. The number of unbranched alkanes of at least 4 members (excludes halogenated alkanes) is 1. The number of aldehydes is 1. The topological polar surface area (TPSA) is 46.6 Å². The van der Waals surface area contributed by atoms with Gasteiger partial charge in [-0.25, -0.2) is 0 Å². The van der Waals surface area contributed by atoms with E-state index in [9.17, 15) is 9.59 Å². The van der Waals surface area contributed by atoms with E-state index in [1.807, 2.05) is 20.8 Å². The normalized spacial score (nSPS) is 21.6. The molecule has 0 bridgehead atoms. The highest BCUT2D eigenvalue weighted by molar-refractivity contribution is 5.76. The molecule has 0 spiro atoms. The predicted molar refractivity (Wildman–Crippen MR) is 70.4 cm³/mol. The monoisotopic (exact) mass is 255 g/mol. The molecule has 0 aromatic carbocycles. The Kier molecular flexibility index (Phi) is 5.79. The van der Waals surface area contributed by atoms with Crippen LogP contribution in [0.25, 0.3) is 0 Å². The fraction of sp³-hybridized carbons (Fsp3) is 0.857. The molecular formula is C14H25NO3. The van der Waals surface area contributed by atoms with Crippen LogP contribution in [-0.2, 0) is 14.3 Å². The average Bonchev–Trinajstić information content (AvgIpc) is 2.27. The number of hydrogen-bond donors (Lipinski definition) is 0. The number of rotatable bonds is 5. The zero-order valence-electron chi connectivity index (χ0n) is 11.8. The smallest absolute Gasteiger partial charge is 0.323 e. The SMILES string of the molecule is CC(C)(C)OC(=O)C1CCCCN1CCCC=O. The summed E-state index contributed by atoms with van der Waals surface area (Å²) in [5.74, 6) is -0.117. The predicted octanol–water partition coefficient (Wildman–Crippen LogP) is 2.16. The first kappa shape index (κ1) is 15.2. The van der Waals surface area contributed by atoms with Gasteiger partial charge in [0.25, 0.3) is 0 Å². The van der Waals surface area contributed by atoms with E-state index in [4.69, 9.17) is 4.74 Å². The van der Waals surface area contributed by atoms with E-state index < -0.39 is 5.60 Å². The first-order chi connectivity index (χ1) is 8.44. The lowest BCUT2D eigenvalue weighted by Crippen LogP contribution is -2.47. The molecule has 0 aliphatic carbocycles. The molecule has 4 heteroatoms. The molecule has 1 unspecified atom stereocenters. The summed E-state index contributed by atoms with van der Waals surface area (Å²) in [4.78, 5) is 24.6. The van der Waals surface area contributed by atoms with Crippen LogP contribution in [0.4, 0.5) is 0 Å². The van der Waals surface area contributed by atoms with Crippen molar-refractivity contribution in [3.05, 3.63) is 0 Å². The minimum Gasteiger partial charge on any atom is -0.459 e. The summed E-state index contributed by atoms with van der Waals surface area (Å²) in [5, 5.41) is 0. The Bertz CT molecular complexity index is 283. The van der Waals surface area contributed by atoms with Gasteiger partial charge in [0, 0.05) is 6.42 Å². The number of esters is 1. The molecular weight excluding hydrogens is 230 g/mol. The summed E-state index contributed by atoms with van der Waals surface area (Å²) < 4.78 is 5.46. The van der Waals surface area contributed by atoms with Crippen molar-refractivity contribution in [3.63, 3.8) is 0 Å². The average molecular weight is 255 g/mol. The third-order valence-corrected chi connectivity index (χ3v) is 3.06. The van der Waals surface area contributed by atoms with Gasteiger partial charge < -0.3 is 9.53 Å². The van der Waals surface area contributed by atoms with Crippen LogP contribution < -0.4 is 0 Å². The quantitative estimate of drug-likeness (QED) is 0.429. The molecule has 1 aliphatic rings. The molecule has 18 heavy (non-hydrogen) atoms. The number of hydrogen-bond acceptors (Lipinski definition) is 4. The summed E-state index contributed by atoms with van der Waals surface area (Å²) >= 11 is 0. The number of carbonyl (C=O) groups is 2. The summed E-state index contributed by atoms with van der Waals surface area (Å²) in [6.45, 7) is 7.42. The molecule has 0 saturated carbocycles. The molecule has 1 saturated heterocycles. The van der Waals surface area contributed by atoms with E-state index in [2.05, 4.69) is 4.90 Å². The van der Waals surface area contributed by atoms with Gasteiger partial charge in [0.1, 0.15) is 17.9 Å². The fourth-order valence-electron chi connectivity index (χ4n) is 2.27. The summed E-state index contributed by atoms with van der Waals surface area (Å²) in [7, 11) is 0. The van der Waals surface area contributed by atoms with Crippen LogP contribution in [0.5, 0.6) is 0 Å². The van der Waals surface area contributed by atoms with Gasteiger partial charge in [0.2, 0.25) is 0 Å². The zero-order valence-corrected chi connectivity index (χ0v) is 11.8. The Balaban J connectivity index is 2.52. The Labute approximate surface area is 110 Å². The highest BCUT2D eigenvalue weighted by Crippen LogP contribution is 2.21.